The lowest BCUT2D eigenvalue weighted by Crippen LogP contribution is -2.43. The van der Waals surface area contributed by atoms with Gasteiger partial charge in [-0.25, -0.2) is 4.79 Å². The number of hydrogen-bond acceptors (Lipinski definition) is 5. The molecule has 0 fully saturated rings. The van der Waals surface area contributed by atoms with E-state index in [9.17, 15) is 9.59 Å². The summed E-state index contributed by atoms with van der Waals surface area (Å²) < 4.78 is 5.16. The fraction of sp³-hybridized carbons (Fsp3) is 0.364. The number of halogens is 3. The van der Waals surface area contributed by atoms with Crippen molar-refractivity contribution in [3.63, 3.8) is 0 Å². The average molecular weight is 413 g/mol. The number of nitrogens with zero attached hydrogens (tertiary/aromatic N) is 1. The van der Waals surface area contributed by atoms with E-state index >= 15 is 0 Å². The summed E-state index contributed by atoms with van der Waals surface area (Å²) in [7, 11) is 0. The maximum absolute atomic E-state index is 11.7. The highest BCUT2D eigenvalue weighted by molar-refractivity contribution is 9.12. The minimum Gasteiger partial charge on any atom is -0.461 e. The van der Waals surface area contributed by atoms with Gasteiger partial charge in [-0.1, -0.05) is 32.7 Å². The van der Waals surface area contributed by atoms with Crippen molar-refractivity contribution in [1.29, 1.82) is 0 Å². The van der Waals surface area contributed by atoms with Crippen molar-refractivity contribution in [2.75, 3.05) is 6.61 Å². The molecule has 0 aromatic carbocycles. The van der Waals surface area contributed by atoms with E-state index in [2.05, 4.69) is 37.0 Å². The van der Waals surface area contributed by atoms with Crippen LogP contribution in [0.2, 0.25) is 0 Å². The van der Waals surface area contributed by atoms with Crippen molar-refractivity contribution in [1.82, 2.24) is 0 Å². The van der Waals surface area contributed by atoms with Crippen molar-refractivity contribution in [2.45, 2.75) is 17.4 Å². The second-order valence-corrected chi connectivity index (χ2v) is 5.97. The summed E-state index contributed by atoms with van der Waals surface area (Å²) in [6, 6.07) is 0. The molecule has 5 nitrogen and oxygen atoms in total. The molecule has 0 saturated heterocycles. The summed E-state index contributed by atoms with van der Waals surface area (Å²) >= 11 is 12.5. The normalized spacial score (nSPS) is 29.6. The molecule has 102 valence electrons. The molecule has 19 heavy (non-hydrogen) atoms. The lowest BCUT2D eigenvalue weighted by molar-refractivity contribution is -0.135. The fourth-order valence-corrected chi connectivity index (χ4v) is 3.27. The number of ketones is 1. The standard InChI is InChI=1S/C11H8Br2ClNO4/c1-2-18-10(17)8-9(13)11(19-15-8)4-5(12)6(16)3-7(11)14/h3-4,9H,2H2,1H3/t9-,11-/m0/s1. The largest absolute Gasteiger partial charge is 0.461 e. The third kappa shape index (κ3) is 2.39. The number of alkyl halides is 1. The third-order valence-corrected chi connectivity index (χ3v) is 4.74. The number of hydrogen-bond donors (Lipinski definition) is 0. The number of rotatable bonds is 2. The molecule has 2 atom stereocenters. The van der Waals surface area contributed by atoms with Crippen LogP contribution in [0.15, 0.2) is 26.8 Å². The van der Waals surface area contributed by atoms with Crippen LogP contribution in [-0.4, -0.2) is 34.5 Å². The van der Waals surface area contributed by atoms with Crippen LogP contribution in [0.5, 0.6) is 0 Å². The highest BCUT2D eigenvalue weighted by atomic mass is 79.9. The van der Waals surface area contributed by atoms with Crippen molar-refractivity contribution >= 4 is 60.9 Å². The molecule has 0 aromatic heterocycles. The van der Waals surface area contributed by atoms with Gasteiger partial charge in [0.25, 0.3) is 0 Å². The van der Waals surface area contributed by atoms with Crippen LogP contribution in [0, 0.1) is 0 Å². The molecule has 1 spiro atoms. The fourth-order valence-electron chi connectivity index (χ4n) is 1.66. The highest BCUT2D eigenvalue weighted by Crippen LogP contribution is 2.43. The first-order valence-corrected chi connectivity index (χ1v) is 7.38. The monoisotopic (exact) mass is 411 g/mol. The molecule has 1 aliphatic carbocycles. The van der Waals surface area contributed by atoms with Crippen LogP contribution in [0.25, 0.3) is 0 Å². The van der Waals surface area contributed by atoms with Crippen LogP contribution < -0.4 is 0 Å². The van der Waals surface area contributed by atoms with E-state index in [4.69, 9.17) is 21.2 Å². The van der Waals surface area contributed by atoms with Crippen LogP contribution in [0.1, 0.15) is 6.92 Å². The quantitative estimate of drug-likeness (QED) is 0.515. The maximum Gasteiger partial charge on any atom is 0.357 e. The molecule has 2 aliphatic rings. The van der Waals surface area contributed by atoms with E-state index in [1.54, 1.807) is 6.92 Å². The molecule has 1 aliphatic heterocycles. The second kappa shape index (κ2) is 5.38. The van der Waals surface area contributed by atoms with E-state index in [1.165, 1.54) is 12.2 Å². The molecular weight excluding hydrogens is 405 g/mol. The molecule has 0 amide bonds. The van der Waals surface area contributed by atoms with Gasteiger partial charge in [0.2, 0.25) is 5.60 Å². The number of carbonyl (C=O) groups is 2. The summed E-state index contributed by atoms with van der Waals surface area (Å²) in [5.74, 6) is -0.865. The first-order valence-electron chi connectivity index (χ1n) is 5.30. The average Bonchev–Trinajstić information content (AvgIpc) is 2.66. The van der Waals surface area contributed by atoms with Gasteiger partial charge in [-0.15, -0.1) is 0 Å². The molecule has 8 heteroatoms. The topological polar surface area (TPSA) is 65.0 Å². The number of ether oxygens (including phenoxy) is 1. The Bertz CT molecular complexity index is 543. The molecule has 0 N–H and O–H groups in total. The van der Waals surface area contributed by atoms with Gasteiger partial charge >= 0.3 is 5.97 Å². The highest BCUT2D eigenvalue weighted by Gasteiger charge is 2.53. The van der Waals surface area contributed by atoms with E-state index in [-0.39, 0.29) is 23.1 Å². The minimum atomic E-state index is -1.20. The predicted molar refractivity (Wildman–Crippen MR) is 76.6 cm³/mol. The summed E-state index contributed by atoms with van der Waals surface area (Å²) in [6.07, 6.45) is 2.70. The van der Waals surface area contributed by atoms with Crippen molar-refractivity contribution < 1.29 is 19.2 Å². The van der Waals surface area contributed by atoms with Crippen LogP contribution >= 0.6 is 43.5 Å². The summed E-state index contributed by atoms with van der Waals surface area (Å²) in [4.78, 5) is 27.9. The molecule has 0 saturated carbocycles. The first kappa shape index (κ1) is 14.7. The number of esters is 1. The van der Waals surface area contributed by atoms with Crippen molar-refractivity contribution in [2.24, 2.45) is 5.16 Å². The lowest BCUT2D eigenvalue weighted by atomic mass is 9.91. The van der Waals surface area contributed by atoms with Gasteiger partial charge in [-0.2, -0.15) is 0 Å². The molecule has 0 bridgehead atoms. The first-order chi connectivity index (χ1) is 8.92. The third-order valence-electron chi connectivity index (χ3n) is 2.60. The van der Waals surface area contributed by atoms with Gasteiger partial charge in [0, 0.05) is 6.08 Å². The Hall–Kier alpha value is -0.660. The van der Waals surface area contributed by atoms with Gasteiger partial charge in [0.1, 0.15) is 4.83 Å². The smallest absolute Gasteiger partial charge is 0.357 e. The summed E-state index contributed by atoms with van der Waals surface area (Å²) in [5.41, 5.74) is -1.13. The molecular formula is C11H8Br2ClNO4. The predicted octanol–water partition coefficient (Wildman–Crippen LogP) is 2.42. The molecule has 1 heterocycles. The van der Waals surface area contributed by atoms with Gasteiger partial charge in [-0.3, -0.25) is 4.79 Å². The van der Waals surface area contributed by atoms with Crippen molar-refractivity contribution in [3.05, 3.63) is 21.7 Å². The van der Waals surface area contributed by atoms with Crippen molar-refractivity contribution in [3.8, 4) is 0 Å². The zero-order valence-electron chi connectivity index (χ0n) is 9.65. The zero-order valence-corrected chi connectivity index (χ0v) is 13.6. The maximum atomic E-state index is 11.7. The van der Waals surface area contributed by atoms with E-state index in [1.807, 2.05) is 0 Å². The van der Waals surface area contributed by atoms with E-state index in [0.29, 0.717) is 4.48 Å². The Morgan fingerprint density at radius 3 is 3.00 bits per heavy atom. The SMILES string of the molecule is CCOC(=O)C1=NO[C@]2(C=C(Br)C(=O)C=C2Cl)[C@H]1Br. The van der Waals surface area contributed by atoms with Gasteiger partial charge in [-0.05, 0) is 28.9 Å². The zero-order chi connectivity index (χ0) is 14.2. The second-order valence-electron chi connectivity index (χ2n) is 3.79. The van der Waals surface area contributed by atoms with E-state index in [0.717, 1.165) is 0 Å². The van der Waals surface area contributed by atoms with Crippen LogP contribution in [0.3, 0.4) is 0 Å². The number of carbonyl (C=O) groups excluding carboxylic acids is 2. The molecule has 0 radical (unpaired) electrons. The van der Waals surface area contributed by atoms with Gasteiger partial charge in [0.05, 0.1) is 16.1 Å². The Balaban J connectivity index is 2.33. The Morgan fingerprint density at radius 2 is 2.37 bits per heavy atom. The van der Waals surface area contributed by atoms with Gasteiger partial charge in [0.15, 0.2) is 11.5 Å². The summed E-state index contributed by atoms with van der Waals surface area (Å²) in [5, 5.41) is 3.86. The number of allylic oxidation sites excluding steroid dienone is 2. The molecule has 0 unspecified atom stereocenters. The Labute approximate surface area is 130 Å². The Kier molecular flexibility index (Phi) is 4.17. The Morgan fingerprint density at radius 1 is 1.68 bits per heavy atom. The van der Waals surface area contributed by atoms with Gasteiger partial charge < -0.3 is 9.57 Å². The number of oxime groups is 1. The van der Waals surface area contributed by atoms with Crippen LogP contribution in [0.4, 0.5) is 0 Å². The molecule has 0 aromatic rings. The molecule has 2 rings (SSSR count). The summed E-state index contributed by atoms with van der Waals surface area (Å²) in [6.45, 7) is 1.92. The van der Waals surface area contributed by atoms with E-state index < -0.39 is 16.4 Å². The lowest BCUT2D eigenvalue weighted by Gasteiger charge is -2.28. The minimum absolute atomic E-state index is 0.0688. The van der Waals surface area contributed by atoms with Crippen LogP contribution in [-0.2, 0) is 19.2 Å².